The van der Waals surface area contributed by atoms with Gasteiger partial charge in [-0.3, -0.25) is 9.59 Å². The second-order valence-corrected chi connectivity index (χ2v) is 8.08. The molecule has 0 aliphatic heterocycles. The number of aliphatic hydroxyl groups excluding tert-OH is 1. The second kappa shape index (κ2) is 7.48. The van der Waals surface area contributed by atoms with Gasteiger partial charge in [0, 0.05) is 0 Å². The summed E-state index contributed by atoms with van der Waals surface area (Å²) in [6.45, 7) is 0.922. The number of aliphatic hydroxyl groups is 1. The van der Waals surface area contributed by atoms with E-state index in [9.17, 15) is 40.7 Å². The lowest BCUT2D eigenvalue weighted by molar-refractivity contribution is -0.137. The number of carbonyl (C=O) groups is 2. The van der Waals surface area contributed by atoms with Crippen LogP contribution >= 0.6 is 11.3 Å². The highest BCUT2D eigenvalue weighted by Gasteiger charge is 2.39. The van der Waals surface area contributed by atoms with Crippen LogP contribution in [-0.2, 0) is 21.0 Å². The molecule has 2 rings (SSSR count). The third-order valence-corrected chi connectivity index (χ3v) is 6.17. The molecule has 3 N–H and O–H groups in total. The van der Waals surface area contributed by atoms with Gasteiger partial charge in [0.1, 0.15) is 21.8 Å². The molecular formula is C15H12F4N2O5S2. The number of alkyl halides is 3. The number of nitrogens with zero attached hydrogens (tertiary/aromatic N) is 1. The number of nitrogens with two attached hydrogens (primary N) is 1. The normalized spacial score (nSPS) is 13.2. The van der Waals surface area contributed by atoms with Crippen LogP contribution < -0.4 is 10.0 Å². The quantitative estimate of drug-likeness (QED) is 0.691. The van der Waals surface area contributed by atoms with Crippen LogP contribution in [0.2, 0.25) is 0 Å². The second-order valence-electron chi connectivity index (χ2n) is 5.43. The Balaban J connectivity index is 2.71. The summed E-state index contributed by atoms with van der Waals surface area (Å²) in [7, 11) is -5.13. The van der Waals surface area contributed by atoms with E-state index in [1.807, 2.05) is 0 Å². The topological polar surface area (TPSA) is 118 Å². The van der Waals surface area contributed by atoms with Crippen LogP contribution in [0, 0.1) is 5.82 Å². The van der Waals surface area contributed by atoms with Crippen molar-refractivity contribution in [3.63, 3.8) is 0 Å². The summed E-state index contributed by atoms with van der Waals surface area (Å²) in [5.74, 6) is -4.33. The van der Waals surface area contributed by atoms with Crippen molar-refractivity contribution in [3.8, 4) is 0 Å². The number of hydrogen-bond donors (Lipinski definition) is 2. The number of carbonyl (C=O) groups excluding carboxylic acids is 2. The van der Waals surface area contributed by atoms with Gasteiger partial charge in [0.15, 0.2) is 0 Å². The SMILES string of the molecule is C[C@H](O)C(=O)N(c1sccc1C(N)=O)S(=O)(=O)c1ccc(C(F)(F)F)cc1F. The lowest BCUT2D eigenvalue weighted by atomic mass is 10.2. The molecule has 0 saturated carbocycles. The van der Waals surface area contributed by atoms with E-state index in [0.29, 0.717) is 23.5 Å². The maximum Gasteiger partial charge on any atom is 0.416 e. The molecule has 0 saturated heterocycles. The lowest BCUT2D eigenvalue weighted by Gasteiger charge is -2.23. The Hall–Kier alpha value is -2.51. The Morgan fingerprint density at radius 3 is 2.32 bits per heavy atom. The van der Waals surface area contributed by atoms with Crippen LogP contribution in [0.5, 0.6) is 0 Å². The summed E-state index contributed by atoms with van der Waals surface area (Å²) in [6.07, 6.45) is -6.82. The van der Waals surface area contributed by atoms with E-state index in [4.69, 9.17) is 5.73 Å². The molecule has 152 valence electrons. The van der Waals surface area contributed by atoms with Crippen LogP contribution in [0.4, 0.5) is 22.6 Å². The summed E-state index contributed by atoms with van der Waals surface area (Å²) in [5, 5.41) is 10.2. The first-order valence-electron chi connectivity index (χ1n) is 7.29. The number of sulfonamides is 1. The minimum Gasteiger partial charge on any atom is -0.384 e. The molecule has 2 amide bonds. The van der Waals surface area contributed by atoms with Crippen LogP contribution in [0.25, 0.3) is 0 Å². The largest absolute Gasteiger partial charge is 0.416 e. The Bertz CT molecular complexity index is 1030. The van der Waals surface area contributed by atoms with Gasteiger partial charge in [-0.1, -0.05) is 0 Å². The van der Waals surface area contributed by atoms with Gasteiger partial charge in [-0.2, -0.15) is 17.5 Å². The summed E-state index contributed by atoms with van der Waals surface area (Å²) < 4.78 is 78.0. The highest BCUT2D eigenvalue weighted by atomic mass is 32.2. The van der Waals surface area contributed by atoms with E-state index in [-0.39, 0.29) is 10.4 Å². The van der Waals surface area contributed by atoms with Crippen molar-refractivity contribution in [1.82, 2.24) is 0 Å². The zero-order valence-electron chi connectivity index (χ0n) is 13.9. The molecule has 0 radical (unpaired) electrons. The van der Waals surface area contributed by atoms with Crippen molar-refractivity contribution in [1.29, 1.82) is 0 Å². The summed E-state index contributed by atoms with van der Waals surface area (Å²) in [4.78, 5) is 22.6. The summed E-state index contributed by atoms with van der Waals surface area (Å²) >= 11 is 0.578. The molecule has 28 heavy (non-hydrogen) atoms. The molecule has 0 spiro atoms. The predicted molar refractivity (Wildman–Crippen MR) is 90.6 cm³/mol. The number of anilines is 1. The van der Waals surface area contributed by atoms with Crippen LogP contribution in [0.1, 0.15) is 22.8 Å². The average molecular weight is 440 g/mol. The third kappa shape index (κ3) is 4.00. The maximum atomic E-state index is 14.2. The van der Waals surface area contributed by atoms with Crippen LogP contribution in [0.15, 0.2) is 34.5 Å². The van der Waals surface area contributed by atoms with Crippen LogP contribution in [-0.4, -0.2) is 31.4 Å². The van der Waals surface area contributed by atoms with Gasteiger partial charge in [0.2, 0.25) is 0 Å². The molecule has 13 heteroatoms. The standard InChI is InChI=1S/C15H12F4N2O5S2/c1-7(22)13(24)21(14-9(12(20)23)4-5-27-14)28(25,26)11-3-2-8(6-10(11)16)15(17,18)19/h2-7,22H,1H3,(H2,20,23)/t7-/m0/s1. The van der Waals surface area contributed by atoms with Gasteiger partial charge in [-0.05, 0) is 36.6 Å². The number of halogens is 4. The van der Waals surface area contributed by atoms with Crippen molar-refractivity contribution in [2.75, 3.05) is 4.31 Å². The van der Waals surface area contributed by atoms with Gasteiger partial charge in [-0.25, -0.2) is 12.8 Å². The third-order valence-electron chi connectivity index (χ3n) is 3.43. The van der Waals surface area contributed by atoms with E-state index in [0.717, 1.165) is 13.0 Å². The number of amides is 2. The molecular weight excluding hydrogens is 428 g/mol. The van der Waals surface area contributed by atoms with Crippen LogP contribution in [0.3, 0.4) is 0 Å². The van der Waals surface area contributed by atoms with Gasteiger partial charge >= 0.3 is 6.18 Å². The number of hydrogen-bond acceptors (Lipinski definition) is 6. The average Bonchev–Trinajstić information content (AvgIpc) is 3.02. The first-order chi connectivity index (χ1) is 12.8. The van der Waals surface area contributed by atoms with Gasteiger partial charge in [0.25, 0.3) is 21.8 Å². The van der Waals surface area contributed by atoms with Crippen molar-refractivity contribution >= 4 is 38.2 Å². The highest BCUT2D eigenvalue weighted by molar-refractivity contribution is 7.93. The molecule has 1 aromatic heterocycles. The molecule has 2 aromatic rings. The van der Waals surface area contributed by atoms with E-state index >= 15 is 0 Å². The Labute approximate surface area is 160 Å². The molecule has 0 unspecified atom stereocenters. The predicted octanol–water partition coefficient (Wildman–Crippen LogP) is 2.11. The maximum absolute atomic E-state index is 14.2. The van der Waals surface area contributed by atoms with Crippen molar-refractivity contribution < 1.29 is 40.7 Å². The van der Waals surface area contributed by atoms with Gasteiger partial charge in [0.05, 0.1) is 11.1 Å². The fourth-order valence-corrected chi connectivity index (χ4v) is 4.81. The number of rotatable bonds is 5. The summed E-state index contributed by atoms with van der Waals surface area (Å²) in [6, 6.07) is 1.72. The molecule has 0 fully saturated rings. The van der Waals surface area contributed by atoms with Crippen molar-refractivity contribution in [2.24, 2.45) is 5.73 Å². The molecule has 0 bridgehead atoms. The summed E-state index contributed by atoms with van der Waals surface area (Å²) in [5.41, 5.74) is 3.28. The van der Waals surface area contributed by atoms with E-state index in [2.05, 4.69) is 0 Å². The number of primary amides is 1. The molecule has 7 nitrogen and oxygen atoms in total. The van der Waals surface area contributed by atoms with Gasteiger partial charge < -0.3 is 10.8 Å². The Kier molecular flexibility index (Phi) is 5.82. The zero-order chi connectivity index (χ0) is 21.4. The molecule has 1 heterocycles. The Morgan fingerprint density at radius 2 is 1.86 bits per heavy atom. The van der Waals surface area contributed by atoms with E-state index < -0.39 is 61.0 Å². The monoisotopic (exact) mass is 440 g/mol. The minimum absolute atomic E-state index is 0.0403. The van der Waals surface area contributed by atoms with E-state index in [1.54, 1.807) is 0 Å². The smallest absolute Gasteiger partial charge is 0.384 e. The van der Waals surface area contributed by atoms with Gasteiger partial charge in [-0.15, -0.1) is 11.3 Å². The molecule has 0 aliphatic rings. The first-order valence-corrected chi connectivity index (χ1v) is 9.61. The molecule has 1 atom stereocenters. The fraction of sp³-hybridized carbons (Fsp3) is 0.200. The van der Waals surface area contributed by atoms with Crippen molar-refractivity contribution in [3.05, 3.63) is 46.6 Å². The molecule has 1 aromatic carbocycles. The highest BCUT2D eigenvalue weighted by Crippen LogP contribution is 2.35. The molecule has 0 aliphatic carbocycles. The van der Waals surface area contributed by atoms with E-state index in [1.165, 1.54) is 5.38 Å². The minimum atomic E-state index is -5.13. The first kappa shape index (κ1) is 21.8. The number of benzene rings is 1. The fourth-order valence-electron chi connectivity index (χ4n) is 2.13. The zero-order valence-corrected chi connectivity index (χ0v) is 15.5. The number of thiophene rings is 1. The Morgan fingerprint density at radius 1 is 1.25 bits per heavy atom. The van der Waals surface area contributed by atoms with Crippen molar-refractivity contribution in [2.45, 2.75) is 24.1 Å². The lowest BCUT2D eigenvalue weighted by Crippen LogP contribution is -2.43.